The van der Waals surface area contributed by atoms with Gasteiger partial charge in [-0.05, 0) is 30.5 Å². The zero-order chi connectivity index (χ0) is 14.5. The Kier molecular flexibility index (Phi) is 4.05. The van der Waals surface area contributed by atoms with Crippen molar-refractivity contribution in [3.05, 3.63) is 66.2 Å². The number of anilines is 1. The molecule has 3 rings (SSSR count). The summed E-state index contributed by atoms with van der Waals surface area (Å²) in [5.41, 5.74) is 1.66. The predicted molar refractivity (Wildman–Crippen MR) is 86.3 cm³/mol. The number of hydrogen-bond donors (Lipinski definition) is 1. The molecular weight excluding hydrogens is 258 g/mol. The quantitative estimate of drug-likeness (QED) is 0.879. The summed E-state index contributed by atoms with van der Waals surface area (Å²) in [4.78, 5) is 13.0. The van der Waals surface area contributed by atoms with Gasteiger partial charge in [0.15, 0.2) is 0 Å². The molecule has 108 valence electrons. The Hall–Kier alpha value is -2.09. The Morgan fingerprint density at radius 1 is 0.810 bits per heavy atom. The van der Waals surface area contributed by atoms with E-state index in [-0.39, 0.29) is 11.3 Å². The summed E-state index contributed by atoms with van der Waals surface area (Å²) in [5, 5.41) is 3.11. The number of carbonyl (C=O) groups excluding carboxylic acids is 1. The van der Waals surface area contributed by atoms with Gasteiger partial charge < -0.3 is 5.32 Å². The van der Waals surface area contributed by atoms with E-state index in [9.17, 15) is 4.79 Å². The van der Waals surface area contributed by atoms with Gasteiger partial charge in [-0.25, -0.2) is 0 Å². The topological polar surface area (TPSA) is 29.1 Å². The molecule has 0 bridgehead atoms. The van der Waals surface area contributed by atoms with Gasteiger partial charge in [0.1, 0.15) is 0 Å². The zero-order valence-corrected chi connectivity index (χ0v) is 12.2. The molecule has 21 heavy (non-hydrogen) atoms. The van der Waals surface area contributed by atoms with Crippen molar-refractivity contribution >= 4 is 11.6 Å². The Labute approximate surface area is 126 Å². The summed E-state index contributed by atoms with van der Waals surface area (Å²) in [6.45, 7) is 0. The molecule has 2 nitrogen and oxygen atoms in total. The monoisotopic (exact) mass is 279 g/mol. The number of nitrogens with one attached hydrogen (secondary N) is 1. The average Bonchev–Trinajstić information content (AvgIpc) is 2.57. The third kappa shape index (κ3) is 2.85. The minimum absolute atomic E-state index is 0.139. The van der Waals surface area contributed by atoms with Crippen molar-refractivity contribution in [3.8, 4) is 0 Å². The first-order chi connectivity index (χ1) is 10.3. The second kappa shape index (κ2) is 6.13. The summed E-state index contributed by atoms with van der Waals surface area (Å²) < 4.78 is 0. The maximum absolute atomic E-state index is 13.0. The number of para-hydroxylation sites is 1. The summed E-state index contributed by atoms with van der Waals surface area (Å²) >= 11 is 0. The highest BCUT2D eigenvalue weighted by molar-refractivity contribution is 5.99. The van der Waals surface area contributed by atoms with Gasteiger partial charge in [-0.15, -0.1) is 0 Å². The fourth-order valence-electron chi connectivity index (χ4n) is 3.33. The molecule has 1 aliphatic rings. The maximum Gasteiger partial charge on any atom is 0.235 e. The Morgan fingerprint density at radius 2 is 1.38 bits per heavy atom. The van der Waals surface area contributed by atoms with Crippen molar-refractivity contribution < 1.29 is 4.79 Å². The van der Waals surface area contributed by atoms with Crippen LogP contribution in [-0.4, -0.2) is 5.91 Å². The SMILES string of the molecule is O=C(Nc1ccccc1)C1(c2ccccc2)CCCCC1. The molecule has 1 amide bonds. The molecule has 0 atom stereocenters. The summed E-state index contributed by atoms with van der Waals surface area (Å²) in [6, 6.07) is 20.0. The van der Waals surface area contributed by atoms with Crippen LogP contribution >= 0.6 is 0 Å². The fourth-order valence-corrected chi connectivity index (χ4v) is 3.33. The van der Waals surface area contributed by atoms with Crippen LogP contribution in [0.3, 0.4) is 0 Å². The van der Waals surface area contributed by atoms with E-state index in [1.165, 1.54) is 6.42 Å². The van der Waals surface area contributed by atoms with Crippen molar-refractivity contribution in [1.29, 1.82) is 0 Å². The highest BCUT2D eigenvalue weighted by atomic mass is 16.2. The van der Waals surface area contributed by atoms with E-state index in [0.717, 1.165) is 36.9 Å². The van der Waals surface area contributed by atoms with Crippen LogP contribution in [0.25, 0.3) is 0 Å². The van der Waals surface area contributed by atoms with E-state index in [1.807, 2.05) is 48.5 Å². The highest BCUT2D eigenvalue weighted by Crippen LogP contribution is 2.40. The van der Waals surface area contributed by atoms with Gasteiger partial charge in [0, 0.05) is 5.69 Å². The van der Waals surface area contributed by atoms with Crippen molar-refractivity contribution in [1.82, 2.24) is 0 Å². The fraction of sp³-hybridized carbons (Fsp3) is 0.316. The lowest BCUT2D eigenvalue weighted by Gasteiger charge is -2.36. The molecule has 2 aromatic carbocycles. The van der Waals surface area contributed by atoms with Crippen LogP contribution in [0.5, 0.6) is 0 Å². The predicted octanol–water partition coefficient (Wildman–Crippen LogP) is 4.53. The van der Waals surface area contributed by atoms with E-state index < -0.39 is 0 Å². The van der Waals surface area contributed by atoms with E-state index in [1.54, 1.807) is 0 Å². The molecular formula is C19H21NO. The van der Waals surface area contributed by atoms with Gasteiger partial charge >= 0.3 is 0 Å². The van der Waals surface area contributed by atoms with Crippen LogP contribution in [-0.2, 0) is 10.2 Å². The van der Waals surface area contributed by atoms with Crippen LogP contribution in [0.1, 0.15) is 37.7 Å². The van der Waals surface area contributed by atoms with Crippen LogP contribution in [0.15, 0.2) is 60.7 Å². The molecule has 0 aromatic heterocycles. The molecule has 0 radical (unpaired) electrons. The highest BCUT2D eigenvalue weighted by Gasteiger charge is 2.40. The summed E-state index contributed by atoms with van der Waals surface area (Å²) in [7, 11) is 0. The largest absolute Gasteiger partial charge is 0.325 e. The molecule has 2 aromatic rings. The molecule has 0 unspecified atom stereocenters. The van der Waals surface area contributed by atoms with Crippen molar-refractivity contribution in [3.63, 3.8) is 0 Å². The lowest BCUT2D eigenvalue weighted by atomic mass is 9.68. The van der Waals surface area contributed by atoms with E-state index in [4.69, 9.17) is 0 Å². The number of amides is 1. The van der Waals surface area contributed by atoms with Gasteiger partial charge in [0.05, 0.1) is 5.41 Å². The summed E-state index contributed by atoms with van der Waals surface area (Å²) in [6.07, 6.45) is 5.35. The van der Waals surface area contributed by atoms with Crippen molar-refractivity contribution in [2.45, 2.75) is 37.5 Å². The molecule has 1 N–H and O–H groups in total. The smallest absolute Gasteiger partial charge is 0.235 e. The van der Waals surface area contributed by atoms with E-state index >= 15 is 0 Å². The van der Waals surface area contributed by atoms with Gasteiger partial charge in [0.25, 0.3) is 0 Å². The van der Waals surface area contributed by atoms with Gasteiger partial charge in [-0.2, -0.15) is 0 Å². The van der Waals surface area contributed by atoms with E-state index in [0.29, 0.717) is 0 Å². The number of carbonyl (C=O) groups is 1. The first-order valence-corrected chi connectivity index (χ1v) is 7.73. The molecule has 0 heterocycles. The van der Waals surface area contributed by atoms with Gasteiger partial charge in [-0.1, -0.05) is 67.8 Å². The van der Waals surface area contributed by atoms with Crippen molar-refractivity contribution in [2.75, 3.05) is 5.32 Å². The molecule has 1 saturated carbocycles. The first-order valence-electron chi connectivity index (χ1n) is 7.73. The molecule has 2 heteroatoms. The first kappa shape index (κ1) is 13.9. The van der Waals surface area contributed by atoms with Crippen LogP contribution < -0.4 is 5.32 Å². The maximum atomic E-state index is 13.0. The second-order valence-electron chi connectivity index (χ2n) is 5.83. The second-order valence-corrected chi connectivity index (χ2v) is 5.83. The van der Waals surface area contributed by atoms with Crippen molar-refractivity contribution in [2.24, 2.45) is 0 Å². The third-order valence-electron chi connectivity index (χ3n) is 4.50. The Morgan fingerprint density at radius 3 is 2.00 bits per heavy atom. The Bertz CT molecular complexity index is 585. The molecule has 0 aliphatic heterocycles. The van der Waals surface area contributed by atoms with Gasteiger partial charge in [0.2, 0.25) is 5.91 Å². The zero-order valence-electron chi connectivity index (χ0n) is 12.2. The third-order valence-corrected chi connectivity index (χ3v) is 4.50. The molecule has 0 spiro atoms. The summed E-state index contributed by atoms with van der Waals surface area (Å²) in [5.74, 6) is 0.139. The number of hydrogen-bond acceptors (Lipinski definition) is 1. The van der Waals surface area contributed by atoms with Crippen LogP contribution in [0.4, 0.5) is 5.69 Å². The Balaban J connectivity index is 1.90. The standard InChI is InChI=1S/C19H21NO/c21-18(20-17-12-6-2-7-13-17)19(14-8-3-9-15-19)16-10-4-1-5-11-16/h1-2,4-7,10-13H,3,8-9,14-15H2,(H,20,21). The number of benzene rings is 2. The minimum atomic E-state index is -0.366. The van der Waals surface area contributed by atoms with Crippen LogP contribution in [0, 0.1) is 0 Å². The molecule has 1 fully saturated rings. The molecule has 1 aliphatic carbocycles. The lowest BCUT2D eigenvalue weighted by molar-refractivity contribution is -0.122. The average molecular weight is 279 g/mol. The number of rotatable bonds is 3. The minimum Gasteiger partial charge on any atom is -0.325 e. The van der Waals surface area contributed by atoms with Crippen LogP contribution in [0.2, 0.25) is 0 Å². The van der Waals surface area contributed by atoms with E-state index in [2.05, 4.69) is 17.4 Å². The normalized spacial score (nSPS) is 17.1. The molecule has 0 saturated heterocycles. The van der Waals surface area contributed by atoms with Gasteiger partial charge in [-0.3, -0.25) is 4.79 Å². The lowest BCUT2D eigenvalue weighted by Crippen LogP contribution is -2.42.